The van der Waals surface area contributed by atoms with Gasteiger partial charge in [0.05, 0.1) is 13.4 Å². The van der Waals surface area contributed by atoms with Gasteiger partial charge in [-0.15, -0.1) is 33.1 Å². The van der Waals surface area contributed by atoms with Crippen molar-refractivity contribution in [1.29, 1.82) is 0 Å². The molecule has 6 rings (SSSR count). The number of aliphatic hydroxyl groups excluding tert-OH is 1. The van der Waals surface area contributed by atoms with Crippen LogP contribution in [0.15, 0.2) is 23.9 Å². The Kier molecular flexibility index (Phi) is 13.5. The summed E-state index contributed by atoms with van der Waals surface area (Å²) < 4.78 is 10.9. The minimum absolute atomic E-state index is 0. The predicted molar refractivity (Wildman–Crippen MR) is 220 cm³/mol. The van der Waals surface area contributed by atoms with Gasteiger partial charge in [-0.3, -0.25) is 14.4 Å². The molecule has 0 saturated carbocycles. The first-order valence-corrected chi connectivity index (χ1v) is 19.4. The van der Waals surface area contributed by atoms with Crippen LogP contribution >= 0.6 is 0 Å². The first-order valence-electron chi connectivity index (χ1n) is 19.4. The van der Waals surface area contributed by atoms with Crippen molar-refractivity contribution in [3.63, 3.8) is 0 Å². The van der Waals surface area contributed by atoms with Gasteiger partial charge >= 0.3 is 35.0 Å². The average Bonchev–Trinajstić information content (AvgIpc) is 3.90. The van der Waals surface area contributed by atoms with Crippen LogP contribution in [0.3, 0.4) is 0 Å². The standard InChI is InChI=1S/C45H52N4O6.Mg/c1-10-28-25(6)32-19-33-26(7)30(15-16-38(51)55-18-17-24(5)14-12-13-23(3)4)42(48-33)40-41(45(53)54-9)44(52)39-27(8)34(49-43(39)40)20-36-29(11-2)31(22-50)37(47-36)21-35(28)46-32;/h10,17,19-23,26,30,41-42H,1,11-16,18H2,2-9H3,(H,50,52);/q-4;+2/b24-17+,33-19-,37-21-;/t26-,30-,41+,42?;/m0./s1. The molecule has 0 aromatic carbocycles. The van der Waals surface area contributed by atoms with E-state index in [9.17, 15) is 19.5 Å². The fourth-order valence-electron chi connectivity index (χ4n) is 8.38. The van der Waals surface area contributed by atoms with Crippen LogP contribution in [0.25, 0.3) is 41.5 Å². The largest absolute Gasteiger partial charge is 2.00 e. The van der Waals surface area contributed by atoms with Crippen LogP contribution in [0.4, 0.5) is 0 Å². The van der Waals surface area contributed by atoms with E-state index in [2.05, 4.69) is 34.3 Å². The number of hydrogen-bond acceptors (Lipinski definition) is 6. The summed E-state index contributed by atoms with van der Waals surface area (Å²) in [5, 5.41) is 17.8. The van der Waals surface area contributed by atoms with Crippen molar-refractivity contribution in [2.24, 2.45) is 23.7 Å². The number of Topliss-reactive ketones (excluding diaryl/α,β-unsaturated/α-hetero) is 1. The molecule has 3 aliphatic rings. The van der Waals surface area contributed by atoms with Crippen molar-refractivity contribution in [1.82, 2.24) is 15.0 Å². The van der Waals surface area contributed by atoms with Crippen molar-refractivity contribution < 1.29 is 29.0 Å². The molecule has 1 unspecified atom stereocenters. The van der Waals surface area contributed by atoms with E-state index in [4.69, 9.17) is 29.7 Å². The van der Waals surface area contributed by atoms with E-state index in [1.165, 1.54) is 12.7 Å². The summed E-state index contributed by atoms with van der Waals surface area (Å²) in [7, 11) is 1.28. The summed E-state index contributed by atoms with van der Waals surface area (Å²) in [5.74, 6) is -2.38. The molecule has 0 spiro atoms. The molecule has 4 atom stereocenters. The van der Waals surface area contributed by atoms with Gasteiger partial charge in [0.25, 0.3) is 0 Å². The first-order chi connectivity index (χ1) is 26.3. The topological polar surface area (TPSA) is 146 Å². The van der Waals surface area contributed by atoms with Crippen LogP contribution in [0.1, 0.15) is 116 Å². The molecule has 1 N–H and O–H groups in total. The molecule has 2 aliphatic heterocycles. The van der Waals surface area contributed by atoms with Crippen molar-refractivity contribution in [2.45, 2.75) is 93.0 Å². The van der Waals surface area contributed by atoms with Gasteiger partial charge in [-0.25, -0.2) is 0 Å². The Balaban J connectivity index is 0.00000600. The molecule has 10 nitrogen and oxygen atoms in total. The number of carbonyl (C=O) groups is 3. The monoisotopic (exact) mass is 768 g/mol. The van der Waals surface area contributed by atoms with Gasteiger partial charge in [-0.05, 0) is 81.1 Å². The summed E-state index contributed by atoms with van der Waals surface area (Å²) >= 11 is 0. The minimum atomic E-state index is -1.22. The van der Waals surface area contributed by atoms with Crippen molar-refractivity contribution in [3.8, 4) is 0 Å². The van der Waals surface area contributed by atoms with Gasteiger partial charge < -0.3 is 34.8 Å². The van der Waals surface area contributed by atoms with E-state index in [1.54, 1.807) is 6.08 Å². The zero-order valence-corrected chi connectivity index (χ0v) is 35.4. The fraction of sp³-hybridized carbons (Fsp3) is 0.444. The van der Waals surface area contributed by atoms with Crippen molar-refractivity contribution in [2.75, 3.05) is 13.7 Å². The van der Waals surface area contributed by atoms with Crippen LogP contribution in [0.2, 0.25) is 0 Å². The van der Waals surface area contributed by atoms with Gasteiger partial charge in [-0.1, -0.05) is 98.9 Å². The zero-order valence-electron chi connectivity index (χ0n) is 34.0. The molecule has 8 bridgehead atoms. The predicted octanol–water partition coefficient (Wildman–Crippen LogP) is 4.55. The fourth-order valence-corrected chi connectivity index (χ4v) is 8.38. The summed E-state index contributed by atoms with van der Waals surface area (Å²) in [6.45, 7) is 18.6. The Morgan fingerprint density at radius 2 is 1.75 bits per heavy atom. The second-order valence-electron chi connectivity index (χ2n) is 15.4. The molecule has 0 radical (unpaired) electrons. The maximum atomic E-state index is 14.3. The number of allylic oxidation sites excluding steroid dienone is 2. The van der Waals surface area contributed by atoms with Crippen LogP contribution < -0.4 is 36.2 Å². The van der Waals surface area contributed by atoms with E-state index in [0.29, 0.717) is 73.8 Å². The molecule has 0 amide bonds. The maximum Gasteiger partial charge on any atom is 2.00 e. The number of aromatic nitrogens is 3. The molecule has 11 heteroatoms. The van der Waals surface area contributed by atoms with E-state index in [-0.39, 0.29) is 59.7 Å². The Labute approximate surface area is 345 Å². The molecule has 56 heavy (non-hydrogen) atoms. The van der Waals surface area contributed by atoms with E-state index in [0.717, 1.165) is 47.9 Å². The molecular formula is C45H52MgN4O6-2. The number of carbonyl (C=O) groups excluding carboxylic acids is 3. The Hall–Kier alpha value is -4.48. The van der Waals surface area contributed by atoms with Crippen LogP contribution in [-0.4, -0.2) is 65.6 Å². The summed E-state index contributed by atoms with van der Waals surface area (Å²) in [4.78, 5) is 55.9. The number of aliphatic hydroxyl groups is 1. The normalized spacial score (nSPS) is 22.4. The third kappa shape index (κ3) is 8.02. The quantitative estimate of drug-likeness (QED) is 0.121. The molecule has 3 aromatic rings. The van der Waals surface area contributed by atoms with Gasteiger partial charge in [0.2, 0.25) is 0 Å². The molecule has 5 heterocycles. The molecule has 292 valence electrons. The van der Waals surface area contributed by atoms with Gasteiger partial charge in [0.1, 0.15) is 12.5 Å². The number of rotatable bonds is 12. The first kappa shape index (κ1) is 42.7. The summed E-state index contributed by atoms with van der Waals surface area (Å²) in [6, 6.07) is -0.646. The van der Waals surface area contributed by atoms with Crippen LogP contribution in [0, 0.1) is 37.5 Å². The van der Waals surface area contributed by atoms with Gasteiger partial charge in [0, 0.05) is 12.0 Å². The maximum absolute atomic E-state index is 14.3. The Morgan fingerprint density at radius 1 is 1.02 bits per heavy atom. The molecule has 1 saturated heterocycles. The van der Waals surface area contributed by atoms with Crippen LogP contribution in [0.5, 0.6) is 0 Å². The van der Waals surface area contributed by atoms with E-state index >= 15 is 0 Å². The second-order valence-corrected chi connectivity index (χ2v) is 15.4. The zero-order chi connectivity index (χ0) is 39.7. The Bertz CT molecular complexity index is 2350. The molecular weight excluding hydrogens is 717 g/mol. The van der Waals surface area contributed by atoms with E-state index < -0.39 is 17.9 Å². The average molecular weight is 769 g/mol. The summed E-state index contributed by atoms with van der Waals surface area (Å²) in [5.41, 5.74) is 7.93. The number of fused-ring (bicyclic) bond motifs is 8. The molecule has 1 aliphatic carbocycles. The second kappa shape index (κ2) is 17.8. The summed E-state index contributed by atoms with van der Waals surface area (Å²) in [6.07, 6.45) is 14.8. The van der Waals surface area contributed by atoms with Crippen LogP contribution in [-0.2, 0) is 25.5 Å². The third-order valence-corrected chi connectivity index (χ3v) is 11.6. The Morgan fingerprint density at radius 3 is 2.41 bits per heavy atom. The molecule has 1 fully saturated rings. The number of ketones is 1. The van der Waals surface area contributed by atoms with Gasteiger partial charge in [0.15, 0.2) is 5.78 Å². The smallest absolute Gasteiger partial charge is 0.681 e. The third-order valence-electron chi connectivity index (χ3n) is 11.6. The van der Waals surface area contributed by atoms with Gasteiger partial charge in [-0.2, -0.15) is 5.70 Å². The number of ether oxygens (including phenoxy) is 2. The number of hydrogen-bond donors (Lipinski definition) is 1. The number of esters is 2. The van der Waals surface area contributed by atoms with Crippen molar-refractivity contribution >= 4 is 76.9 Å². The number of nitrogens with zero attached hydrogens (tertiary/aromatic N) is 4. The minimum Gasteiger partial charge on any atom is -0.681 e. The van der Waals surface area contributed by atoms with Crippen molar-refractivity contribution in [3.05, 3.63) is 95.4 Å². The van der Waals surface area contributed by atoms with E-state index in [1.807, 2.05) is 45.1 Å². The number of methoxy groups -OCH3 is 1. The SMILES string of the molecule is C=Cc1c2[n-]c(c1C)/C=C1\[N-]C(C3=c4[n-]/c(c(C)c4C(=O)[C@@H]3C(=O)OC)=C\c3[n-]c(/c(=C\O)c3CC)=C\2)[C@@H](CCC(=O)OC/C=C(\C)CCCC(C)C)[C@@H]1C.[Mg+2]. The molecule has 3 aromatic heterocycles.